The molecule has 0 unspecified atom stereocenters. The van der Waals surface area contributed by atoms with Crippen LogP contribution in [0.1, 0.15) is 43.0 Å². The highest BCUT2D eigenvalue weighted by Gasteiger charge is 2.11. The normalized spacial score (nSPS) is 10.4. The number of anilines is 1. The summed E-state index contributed by atoms with van der Waals surface area (Å²) in [5.41, 5.74) is 5.79. The lowest BCUT2D eigenvalue weighted by molar-refractivity contribution is 0.303. The fourth-order valence-corrected chi connectivity index (χ4v) is 3.00. The first-order valence-corrected chi connectivity index (χ1v) is 9.26. The van der Waals surface area contributed by atoms with Crippen LogP contribution in [-0.2, 0) is 24.2 Å². The molecule has 0 aliphatic carbocycles. The maximum Gasteiger partial charge on any atom is 0.261 e. The van der Waals surface area contributed by atoms with Crippen LogP contribution in [0.15, 0.2) is 36.4 Å². The SMILES string of the molecule is CCOC(=S)Nc1cccc(CC)c1COc1ccc(CC)cc1C. The molecule has 0 aliphatic heterocycles. The van der Waals surface area contributed by atoms with Crippen molar-refractivity contribution in [1.82, 2.24) is 0 Å². The molecular formula is C21H27NO2S. The van der Waals surface area contributed by atoms with Crippen LogP contribution >= 0.6 is 12.2 Å². The number of ether oxygens (including phenoxy) is 2. The lowest BCUT2D eigenvalue weighted by Gasteiger charge is -2.17. The smallest absolute Gasteiger partial charge is 0.261 e. The molecule has 2 aromatic rings. The van der Waals surface area contributed by atoms with E-state index < -0.39 is 0 Å². The Morgan fingerprint density at radius 1 is 1.08 bits per heavy atom. The molecule has 0 saturated heterocycles. The molecule has 25 heavy (non-hydrogen) atoms. The van der Waals surface area contributed by atoms with Gasteiger partial charge < -0.3 is 14.8 Å². The molecular weight excluding hydrogens is 330 g/mol. The highest BCUT2D eigenvalue weighted by Crippen LogP contribution is 2.25. The zero-order valence-corrected chi connectivity index (χ0v) is 16.3. The van der Waals surface area contributed by atoms with Gasteiger partial charge in [-0.2, -0.15) is 0 Å². The Morgan fingerprint density at radius 3 is 2.52 bits per heavy atom. The molecule has 4 heteroatoms. The number of aryl methyl sites for hydroxylation is 3. The second-order valence-electron chi connectivity index (χ2n) is 5.88. The number of rotatable bonds is 7. The van der Waals surface area contributed by atoms with E-state index in [1.165, 1.54) is 11.1 Å². The van der Waals surface area contributed by atoms with Gasteiger partial charge >= 0.3 is 0 Å². The van der Waals surface area contributed by atoms with Crippen LogP contribution < -0.4 is 10.1 Å². The second kappa shape index (κ2) is 9.42. The highest BCUT2D eigenvalue weighted by molar-refractivity contribution is 7.80. The third kappa shape index (κ3) is 5.20. The Kier molecular flexibility index (Phi) is 7.26. The van der Waals surface area contributed by atoms with Crippen LogP contribution in [0.2, 0.25) is 0 Å². The number of nitrogens with one attached hydrogen (secondary N) is 1. The summed E-state index contributed by atoms with van der Waals surface area (Å²) in [6, 6.07) is 12.5. The van der Waals surface area contributed by atoms with E-state index in [2.05, 4.69) is 50.4 Å². The Hall–Kier alpha value is -2.07. The molecule has 0 saturated carbocycles. The summed E-state index contributed by atoms with van der Waals surface area (Å²) in [7, 11) is 0. The molecule has 0 heterocycles. The van der Waals surface area contributed by atoms with Crippen molar-refractivity contribution in [2.24, 2.45) is 0 Å². The van der Waals surface area contributed by atoms with Crippen molar-refractivity contribution in [3.63, 3.8) is 0 Å². The van der Waals surface area contributed by atoms with Gasteiger partial charge in [-0.3, -0.25) is 0 Å². The average Bonchev–Trinajstić information content (AvgIpc) is 2.61. The van der Waals surface area contributed by atoms with Gasteiger partial charge in [0, 0.05) is 11.3 Å². The van der Waals surface area contributed by atoms with Crippen LogP contribution in [0.3, 0.4) is 0 Å². The average molecular weight is 358 g/mol. The predicted octanol–water partition coefficient (Wildman–Crippen LogP) is 5.43. The zero-order chi connectivity index (χ0) is 18.2. The maximum atomic E-state index is 6.12. The van der Waals surface area contributed by atoms with E-state index in [1.54, 1.807) is 0 Å². The molecule has 0 aromatic heterocycles. The molecule has 0 atom stereocenters. The summed E-state index contributed by atoms with van der Waals surface area (Å²) in [5.74, 6) is 0.918. The summed E-state index contributed by atoms with van der Waals surface area (Å²) in [5, 5.41) is 3.57. The van der Waals surface area contributed by atoms with Crippen LogP contribution in [0.4, 0.5) is 5.69 Å². The summed E-state index contributed by atoms with van der Waals surface area (Å²) >= 11 is 5.23. The molecule has 1 N–H and O–H groups in total. The van der Waals surface area contributed by atoms with Crippen molar-refractivity contribution in [3.8, 4) is 5.75 Å². The second-order valence-corrected chi connectivity index (χ2v) is 6.26. The minimum atomic E-state index is 0.389. The van der Waals surface area contributed by atoms with Gasteiger partial charge in [-0.1, -0.05) is 38.1 Å². The molecule has 2 rings (SSSR count). The van der Waals surface area contributed by atoms with Crippen molar-refractivity contribution in [2.75, 3.05) is 11.9 Å². The minimum absolute atomic E-state index is 0.389. The van der Waals surface area contributed by atoms with Gasteiger partial charge in [-0.15, -0.1) is 0 Å². The lowest BCUT2D eigenvalue weighted by Crippen LogP contribution is -2.15. The Labute approximate surface area is 156 Å². The largest absolute Gasteiger partial charge is 0.489 e. The van der Waals surface area contributed by atoms with Crippen molar-refractivity contribution in [1.29, 1.82) is 0 Å². The van der Waals surface area contributed by atoms with Crippen LogP contribution in [0.5, 0.6) is 5.75 Å². The maximum absolute atomic E-state index is 6.12. The van der Waals surface area contributed by atoms with Gasteiger partial charge in [0.2, 0.25) is 0 Å². The zero-order valence-electron chi connectivity index (χ0n) is 15.5. The van der Waals surface area contributed by atoms with E-state index in [9.17, 15) is 0 Å². The molecule has 0 aliphatic rings. The van der Waals surface area contributed by atoms with Crippen molar-refractivity contribution in [2.45, 2.75) is 47.1 Å². The fraction of sp³-hybridized carbons (Fsp3) is 0.381. The number of thiocarbonyl (C=S) groups is 1. The first-order valence-electron chi connectivity index (χ1n) is 8.85. The van der Waals surface area contributed by atoms with E-state index >= 15 is 0 Å². The molecule has 0 spiro atoms. The molecule has 0 bridgehead atoms. The molecule has 2 aromatic carbocycles. The van der Waals surface area contributed by atoms with Crippen molar-refractivity contribution < 1.29 is 9.47 Å². The Morgan fingerprint density at radius 2 is 1.88 bits per heavy atom. The van der Waals surface area contributed by atoms with E-state index in [0.29, 0.717) is 18.4 Å². The first-order chi connectivity index (χ1) is 12.1. The van der Waals surface area contributed by atoms with Crippen LogP contribution in [0.25, 0.3) is 0 Å². The van der Waals surface area contributed by atoms with Crippen molar-refractivity contribution in [3.05, 3.63) is 58.7 Å². The number of hydrogen-bond acceptors (Lipinski definition) is 3. The van der Waals surface area contributed by atoms with E-state index in [1.807, 2.05) is 19.1 Å². The topological polar surface area (TPSA) is 30.5 Å². The van der Waals surface area contributed by atoms with Gasteiger partial charge in [0.25, 0.3) is 5.17 Å². The summed E-state index contributed by atoms with van der Waals surface area (Å²) in [6.07, 6.45) is 1.96. The number of hydrogen-bond donors (Lipinski definition) is 1. The van der Waals surface area contributed by atoms with Gasteiger partial charge in [-0.25, -0.2) is 0 Å². The Bertz CT molecular complexity index is 728. The highest BCUT2D eigenvalue weighted by atomic mass is 32.1. The van der Waals surface area contributed by atoms with E-state index in [4.69, 9.17) is 21.7 Å². The van der Waals surface area contributed by atoms with Gasteiger partial charge in [-0.05, 0) is 67.7 Å². The monoisotopic (exact) mass is 357 g/mol. The molecule has 0 amide bonds. The van der Waals surface area contributed by atoms with Crippen LogP contribution in [0, 0.1) is 6.92 Å². The molecule has 0 radical (unpaired) electrons. The fourth-order valence-electron chi connectivity index (χ4n) is 2.77. The van der Waals surface area contributed by atoms with Crippen LogP contribution in [-0.4, -0.2) is 11.8 Å². The van der Waals surface area contributed by atoms with Gasteiger partial charge in [0.15, 0.2) is 0 Å². The van der Waals surface area contributed by atoms with Crippen molar-refractivity contribution >= 4 is 23.1 Å². The quantitative estimate of drug-likeness (QED) is 0.669. The predicted molar refractivity (Wildman–Crippen MR) is 109 cm³/mol. The summed E-state index contributed by atoms with van der Waals surface area (Å²) in [6.45, 7) is 9.35. The molecule has 3 nitrogen and oxygen atoms in total. The van der Waals surface area contributed by atoms with Gasteiger partial charge in [0.1, 0.15) is 12.4 Å². The third-order valence-electron chi connectivity index (χ3n) is 4.19. The third-order valence-corrected chi connectivity index (χ3v) is 4.41. The Balaban J connectivity index is 2.21. The first kappa shape index (κ1) is 19.3. The van der Waals surface area contributed by atoms with Gasteiger partial charge in [0.05, 0.1) is 6.61 Å². The summed E-state index contributed by atoms with van der Waals surface area (Å²) in [4.78, 5) is 0. The lowest BCUT2D eigenvalue weighted by atomic mass is 10.0. The standard InChI is InChI=1S/C21H27NO2S/c1-5-16-11-12-20(15(4)13-16)24-14-18-17(6-2)9-8-10-19(18)22-21(25)23-7-3/h8-13H,5-7,14H2,1-4H3,(H,22,25). The van der Waals surface area contributed by atoms with E-state index in [-0.39, 0.29) is 0 Å². The summed E-state index contributed by atoms with van der Waals surface area (Å²) < 4.78 is 11.5. The number of benzene rings is 2. The molecule has 0 fully saturated rings. The van der Waals surface area contributed by atoms with E-state index in [0.717, 1.165) is 35.4 Å². The molecule has 134 valence electrons. The minimum Gasteiger partial charge on any atom is -0.489 e.